The monoisotopic (exact) mass is 300 g/mol. The number of thiazole rings is 1. The van der Waals surface area contributed by atoms with Gasteiger partial charge in [-0.3, -0.25) is 4.79 Å². The Hall–Kier alpha value is -1.67. The molecule has 0 saturated heterocycles. The van der Waals surface area contributed by atoms with Crippen molar-refractivity contribution >= 4 is 32.2 Å². The predicted octanol–water partition coefficient (Wildman–Crippen LogP) is 2.07. The highest BCUT2D eigenvalue weighted by molar-refractivity contribution is 7.90. The fourth-order valence-corrected chi connectivity index (χ4v) is 3.00. The average Bonchev–Trinajstić information content (AvgIpc) is 2.82. The van der Waals surface area contributed by atoms with Crippen LogP contribution in [0.5, 0.6) is 0 Å². The van der Waals surface area contributed by atoms with Gasteiger partial charge in [-0.25, -0.2) is 13.4 Å². The van der Waals surface area contributed by atoms with E-state index in [1.807, 2.05) is 0 Å². The Morgan fingerprint density at radius 3 is 2.63 bits per heavy atom. The number of carbonyl (C=O) groups excluding carboxylic acids is 1. The topological polar surface area (TPSA) is 89.3 Å². The molecule has 0 saturated carbocycles. The second-order valence-corrected chi connectivity index (χ2v) is 6.95. The lowest BCUT2D eigenvalue weighted by Gasteiger charge is -1.93. The molecule has 0 aliphatic carbocycles. The molecular formula is C11H12N2O4S2. The van der Waals surface area contributed by atoms with Crippen molar-refractivity contribution in [1.82, 2.24) is 4.98 Å². The maximum Gasteiger partial charge on any atom is 0.223 e. The maximum absolute atomic E-state index is 11.4. The first-order valence-corrected chi connectivity index (χ1v) is 8.03. The lowest BCUT2D eigenvalue weighted by Crippen LogP contribution is -2.04. The zero-order chi connectivity index (χ0) is 14.2. The van der Waals surface area contributed by atoms with Crippen molar-refractivity contribution in [2.24, 2.45) is 0 Å². The molecule has 2 rings (SSSR count). The molecule has 0 atom stereocenters. The maximum atomic E-state index is 11.4. The van der Waals surface area contributed by atoms with Crippen LogP contribution in [0.15, 0.2) is 21.6 Å². The van der Waals surface area contributed by atoms with Crippen LogP contribution in [-0.4, -0.2) is 25.6 Å². The van der Waals surface area contributed by atoms with E-state index < -0.39 is 9.84 Å². The van der Waals surface area contributed by atoms with Gasteiger partial charge in [0.1, 0.15) is 5.76 Å². The summed E-state index contributed by atoms with van der Waals surface area (Å²) in [5.41, 5.74) is 0.670. The first-order valence-electron chi connectivity index (χ1n) is 5.32. The van der Waals surface area contributed by atoms with E-state index in [4.69, 9.17) is 4.42 Å². The molecular weight excluding hydrogens is 288 g/mol. The molecule has 6 nitrogen and oxygen atoms in total. The Labute approximate surface area is 114 Å². The van der Waals surface area contributed by atoms with E-state index in [-0.39, 0.29) is 11.0 Å². The summed E-state index contributed by atoms with van der Waals surface area (Å²) >= 11 is 1.23. The average molecular weight is 300 g/mol. The van der Waals surface area contributed by atoms with E-state index in [0.29, 0.717) is 21.5 Å². The Kier molecular flexibility index (Phi) is 3.46. The van der Waals surface area contributed by atoms with E-state index in [0.717, 1.165) is 6.26 Å². The number of hydrogen-bond donors (Lipinski definition) is 1. The van der Waals surface area contributed by atoms with Gasteiger partial charge < -0.3 is 9.73 Å². The molecule has 2 heterocycles. The van der Waals surface area contributed by atoms with Crippen LogP contribution in [0.3, 0.4) is 0 Å². The second-order valence-electron chi connectivity index (χ2n) is 4.01. The predicted molar refractivity (Wildman–Crippen MR) is 72.0 cm³/mol. The number of rotatable bonds is 3. The third kappa shape index (κ3) is 3.02. The summed E-state index contributed by atoms with van der Waals surface area (Å²) in [4.78, 5) is 15.8. The molecule has 0 aromatic carbocycles. The van der Waals surface area contributed by atoms with Crippen molar-refractivity contribution in [3.63, 3.8) is 0 Å². The number of anilines is 1. The normalized spacial score (nSPS) is 11.5. The summed E-state index contributed by atoms with van der Waals surface area (Å²) in [7, 11) is -3.37. The molecule has 1 N–H and O–H groups in total. The van der Waals surface area contributed by atoms with Crippen LogP contribution in [0, 0.1) is 6.92 Å². The van der Waals surface area contributed by atoms with Gasteiger partial charge in [0.05, 0.1) is 10.6 Å². The Morgan fingerprint density at radius 2 is 2.11 bits per heavy atom. The number of hydrogen-bond acceptors (Lipinski definition) is 6. The van der Waals surface area contributed by atoms with Crippen LogP contribution in [-0.2, 0) is 14.6 Å². The number of nitrogens with zero attached hydrogens (tertiary/aromatic N) is 1. The summed E-state index contributed by atoms with van der Waals surface area (Å²) in [6, 6.07) is 2.98. The van der Waals surface area contributed by atoms with Gasteiger partial charge in [0, 0.05) is 13.2 Å². The quantitative estimate of drug-likeness (QED) is 0.937. The number of carbonyl (C=O) groups is 1. The van der Waals surface area contributed by atoms with Crippen molar-refractivity contribution in [3.05, 3.63) is 17.8 Å². The molecule has 2 aromatic heterocycles. The molecule has 0 aliphatic rings. The standard InChI is InChI=1S/C11H12N2O4S2/c1-6-10(18-11(12-6)13-7(2)14)8-4-5-9(17-8)19(3,15)16/h4-5H,1-3H3,(H,12,13,14). The van der Waals surface area contributed by atoms with Crippen LogP contribution in [0.1, 0.15) is 12.6 Å². The molecule has 102 valence electrons. The lowest BCUT2D eigenvalue weighted by molar-refractivity contribution is -0.114. The Morgan fingerprint density at radius 1 is 1.42 bits per heavy atom. The number of aromatic nitrogens is 1. The molecule has 0 unspecified atom stereocenters. The third-order valence-electron chi connectivity index (χ3n) is 2.25. The summed E-state index contributed by atoms with van der Waals surface area (Å²) in [6.07, 6.45) is 1.08. The largest absolute Gasteiger partial charge is 0.444 e. The van der Waals surface area contributed by atoms with Gasteiger partial charge in [0.25, 0.3) is 0 Å². The second kappa shape index (κ2) is 4.78. The number of amides is 1. The minimum absolute atomic E-state index is 0.0867. The van der Waals surface area contributed by atoms with Crippen LogP contribution < -0.4 is 5.32 Å². The number of furan rings is 1. The van der Waals surface area contributed by atoms with Gasteiger partial charge in [-0.2, -0.15) is 0 Å². The van der Waals surface area contributed by atoms with Crippen LogP contribution in [0.25, 0.3) is 10.6 Å². The molecule has 0 radical (unpaired) electrons. The van der Waals surface area contributed by atoms with E-state index in [1.165, 1.54) is 24.3 Å². The lowest BCUT2D eigenvalue weighted by atomic mass is 10.3. The number of nitrogens with one attached hydrogen (secondary N) is 1. The van der Waals surface area contributed by atoms with E-state index in [9.17, 15) is 13.2 Å². The zero-order valence-corrected chi connectivity index (χ0v) is 12.2. The molecule has 0 spiro atoms. The molecule has 0 bridgehead atoms. The molecule has 0 aliphatic heterocycles. The van der Waals surface area contributed by atoms with Crippen molar-refractivity contribution in [1.29, 1.82) is 0 Å². The highest BCUT2D eigenvalue weighted by Gasteiger charge is 2.17. The van der Waals surface area contributed by atoms with Crippen LogP contribution in [0.2, 0.25) is 0 Å². The van der Waals surface area contributed by atoms with Crippen LogP contribution in [0.4, 0.5) is 5.13 Å². The van der Waals surface area contributed by atoms with Gasteiger partial charge in [-0.1, -0.05) is 11.3 Å². The summed E-state index contributed by atoms with van der Waals surface area (Å²) in [5.74, 6) is 0.212. The van der Waals surface area contributed by atoms with E-state index >= 15 is 0 Å². The van der Waals surface area contributed by atoms with Gasteiger partial charge in [0.15, 0.2) is 5.13 Å². The SMILES string of the molecule is CC(=O)Nc1nc(C)c(-c2ccc(S(C)(=O)=O)o2)s1. The summed E-state index contributed by atoms with van der Waals surface area (Å²) in [5, 5.41) is 2.95. The molecule has 8 heteroatoms. The summed E-state index contributed by atoms with van der Waals surface area (Å²) in [6.45, 7) is 3.16. The smallest absolute Gasteiger partial charge is 0.223 e. The summed E-state index contributed by atoms with van der Waals surface area (Å²) < 4.78 is 28.0. The van der Waals surface area contributed by atoms with Gasteiger partial charge in [-0.15, -0.1) is 0 Å². The minimum atomic E-state index is -3.37. The zero-order valence-electron chi connectivity index (χ0n) is 10.6. The fraction of sp³-hybridized carbons (Fsp3) is 0.273. The van der Waals surface area contributed by atoms with Crippen LogP contribution >= 0.6 is 11.3 Å². The molecule has 19 heavy (non-hydrogen) atoms. The highest BCUT2D eigenvalue weighted by atomic mass is 32.2. The van der Waals surface area contributed by atoms with E-state index in [2.05, 4.69) is 10.3 Å². The minimum Gasteiger partial charge on any atom is -0.444 e. The van der Waals surface area contributed by atoms with Crippen molar-refractivity contribution in [3.8, 4) is 10.6 Å². The van der Waals surface area contributed by atoms with Crippen molar-refractivity contribution in [2.75, 3.05) is 11.6 Å². The van der Waals surface area contributed by atoms with Crippen molar-refractivity contribution < 1.29 is 17.6 Å². The number of sulfone groups is 1. The van der Waals surface area contributed by atoms with Gasteiger partial charge in [-0.05, 0) is 19.1 Å². The number of aryl methyl sites for hydroxylation is 1. The van der Waals surface area contributed by atoms with Crippen molar-refractivity contribution in [2.45, 2.75) is 18.9 Å². The van der Waals surface area contributed by atoms with E-state index in [1.54, 1.807) is 13.0 Å². The third-order valence-corrected chi connectivity index (χ3v) is 4.29. The molecule has 1 amide bonds. The van der Waals surface area contributed by atoms with Gasteiger partial charge >= 0.3 is 0 Å². The highest BCUT2D eigenvalue weighted by Crippen LogP contribution is 2.34. The molecule has 2 aromatic rings. The Bertz CT molecular complexity index is 728. The first kappa shape index (κ1) is 13.8. The first-order chi connectivity index (χ1) is 8.77. The Balaban J connectivity index is 2.39. The molecule has 0 fully saturated rings. The fourth-order valence-electron chi connectivity index (χ4n) is 1.47. The van der Waals surface area contributed by atoms with Gasteiger partial charge in [0.2, 0.25) is 20.8 Å².